The van der Waals surface area contributed by atoms with Crippen LogP contribution in [0.25, 0.3) is 0 Å². The van der Waals surface area contributed by atoms with Gasteiger partial charge in [-0.15, -0.1) is 0 Å². The predicted molar refractivity (Wildman–Crippen MR) is 69.0 cm³/mol. The van der Waals surface area contributed by atoms with Crippen molar-refractivity contribution >= 4 is 0 Å². The molecule has 3 heterocycles. The van der Waals surface area contributed by atoms with Crippen LogP contribution in [0.15, 0.2) is 6.20 Å². The molecular formula is C14H23N3. The normalized spacial score (nSPS) is 25.8. The van der Waals surface area contributed by atoms with E-state index in [0.29, 0.717) is 0 Å². The van der Waals surface area contributed by atoms with Crippen LogP contribution in [0.4, 0.5) is 0 Å². The summed E-state index contributed by atoms with van der Waals surface area (Å²) in [6.07, 6.45) is 8.62. The standard InChI is InChI=1S/C14H23N3/c1-11-2-3-14-16-13(10-17(14)9-11)8-12-4-6-15-7-5-12/h10-12,15H,2-9H2,1H3. The van der Waals surface area contributed by atoms with Crippen molar-refractivity contribution in [2.75, 3.05) is 13.1 Å². The molecule has 0 amide bonds. The van der Waals surface area contributed by atoms with Crippen molar-refractivity contribution in [3.05, 3.63) is 17.7 Å². The van der Waals surface area contributed by atoms with Crippen LogP contribution >= 0.6 is 0 Å². The van der Waals surface area contributed by atoms with Crippen LogP contribution in [-0.2, 0) is 19.4 Å². The maximum absolute atomic E-state index is 4.82. The highest BCUT2D eigenvalue weighted by Crippen LogP contribution is 2.22. The Bertz CT molecular complexity index is 377. The largest absolute Gasteiger partial charge is 0.334 e. The SMILES string of the molecule is CC1CCc2nc(CC3CCNCC3)cn2C1. The molecule has 0 bridgehead atoms. The summed E-state index contributed by atoms with van der Waals surface area (Å²) in [5.41, 5.74) is 1.33. The zero-order valence-electron chi connectivity index (χ0n) is 10.8. The number of nitrogens with one attached hydrogen (secondary N) is 1. The summed E-state index contributed by atoms with van der Waals surface area (Å²) in [5, 5.41) is 3.43. The van der Waals surface area contributed by atoms with E-state index >= 15 is 0 Å². The summed E-state index contributed by atoms with van der Waals surface area (Å²) in [5.74, 6) is 3.00. The number of nitrogens with zero attached hydrogens (tertiary/aromatic N) is 2. The zero-order valence-corrected chi connectivity index (χ0v) is 10.8. The Morgan fingerprint density at radius 1 is 1.35 bits per heavy atom. The average Bonchev–Trinajstić information content (AvgIpc) is 2.71. The number of fused-ring (bicyclic) bond motifs is 1. The van der Waals surface area contributed by atoms with E-state index in [4.69, 9.17) is 4.98 Å². The molecule has 2 aliphatic rings. The van der Waals surface area contributed by atoms with E-state index in [1.54, 1.807) is 0 Å². The molecule has 3 rings (SSSR count). The van der Waals surface area contributed by atoms with Crippen molar-refractivity contribution in [3.8, 4) is 0 Å². The molecule has 1 atom stereocenters. The van der Waals surface area contributed by atoms with Crippen LogP contribution < -0.4 is 5.32 Å². The zero-order chi connectivity index (χ0) is 11.7. The first-order valence-corrected chi connectivity index (χ1v) is 7.07. The van der Waals surface area contributed by atoms with Gasteiger partial charge in [0, 0.05) is 19.2 Å². The number of aromatic nitrogens is 2. The van der Waals surface area contributed by atoms with E-state index < -0.39 is 0 Å². The first kappa shape index (κ1) is 11.3. The molecular weight excluding hydrogens is 210 g/mol. The van der Waals surface area contributed by atoms with Gasteiger partial charge in [-0.25, -0.2) is 4.98 Å². The van der Waals surface area contributed by atoms with Crippen molar-refractivity contribution in [1.82, 2.24) is 14.9 Å². The van der Waals surface area contributed by atoms with Crippen molar-refractivity contribution in [2.45, 2.75) is 45.6 Å². The topological polar surface area (TPSA) is 29.9 Å². The van der Waals surface area contributed by atoms with Gasteiger partial charge < -0.3 is 9.88 Å². The Morgan fingerprint density at radius 3 is 3.00 bits per heavy atom. The molecule has 0 aliphatic carbocycles. The molecule has 0 spiro atoms. The van der Waals surface area contributed by atoms with Crippen molar-refractivity contribution in [1.29, 1.82) is 0 Å². The quantitative estimate of drug-likeness (QED) is 0.847. The minimum absolute atomic E-state index is 0.823. The van der Waals surface area contributed by atoms with Crippen LogP contribution in [0, 0.1) is 11.8 Å². The highest BCUT2D eigenvalue weighted by Gasteiger charge is 2.19. The first-order chi connectivity index (χ1) is 8.31. The molecule has 2 aliphatic heterocycles. The maximum atomic E-state index is 4.82. The molecule has 17 heavy (non-hydrogen) atoms. The van der Waals surface area contributed by atoms with E-state index in [1.807, 2.05) is 0 Å². The highest BCUT2D eigenvalue weighted by molar-refractivity contribution is 5.07. The Balaban J connectivity index is 1.67. The van der Waals surface area contributed by atoms with Gasteiger partial charge in [-0.3, -0.25) is 0 Å². The van der Waals surface area contributed by atoms with Gasteiger partial charge in [-0.2, -0.15) is 0 Å². The fourth-order valence-corrected chi connectivity index (χ4v) is 3.15. The van der Waals surface area contributed by atoms with E-state index in [2.05, 4.69) is 23.0 Å². The van der Waals surface area contributed by atoms with Gasteiger partial charge in [0.05, 0.1) is 5.69 Å². The lowest BCUT2D eigenvalue weighted by Gasteiger charge is -2.21. The summed E-state index contributed by atoms with van der Waals surface area (Å²) in [4.78, 5) is 4.82. The number of hydrogen-bond donors (Lipinski definition) is 1. The molecule has 1 aromatic rings. The van der Waals surface area contributed by atoms with Crippen LogP contribution in [-0.4, -0.2) is 22.6 Å². The molecule has 0 radical (unpaired) electrons. The second kappa shape index (κ2) is 4.81. The molecule has 1 unspecified atom stereocenters. The van der Waals surface area contributed by atoms with Gasteiger partial charge in [0.1, 0.15) is 5.82 Å². The van der Waals surface area contributed by atoms with E-state index in [9.17, 15) is 0 Å². The van der Waals surface area contributed by atoms with Gasteiger partial charge >= 0.3 is 0 Å². The second-order valence-corrected chi connectivity index (χ2v) is 5.84. The van der Waals surface area contributed by atoms with Crippen LogP contribution in [0.1, 0.15) is 37.7 Å². The smallest absolute Gasteiger partial charge is 0.108 e. The number of imidazole rings is 1. The molecule has 0 saturated carbocycles. The Kier molecular flexibility index (Phi) is 3.19. The summed E-state index contributed by atoms with van der Waals surface area (Å²) in [7, 11) is 0. The number of aryl methyl sites for hydroxylation is 1. The third-order valence-electron chi connectivity index (χ3n) is 4.23. The van der Waals surface area contributed by atoms with Gasteiger partial charge in [0.25, 0.3) is 0 Å². The third kappa shape index (κ3) is 2.54. The number of hydrogen-bond acceptors (Lipinski definition) is 2. The number of piperidine rings is 1. The minimum atomic E-state index is 0.823. The second-order valence-electron chi connectivity index (χ2n) is 5.84. The van der Waals surface area contributed by atoms with E-state index in [0.717, 1.165) is 11.8 Å². The van der Waals surface area contributed by atoms with E-state index in [-0.39, 0.29) is 0 Å². The molecule has 1 N–H and O–H groups in total. The fourth-order valence-electron chi connectivity index (χ4n) is 3.15. The van der Waals surface area contributed by atoms with Crippen LogP contribution in [0.3, 0.4) is 0 Å². The molecule has 94 valence electrons. The maximum Gasteiger partial charge on any atom is 0.108 e. The lowest BCUT2D eigenvalue weighted by atomic mass is 9.93. The summed E-state index contributed by atoms with van der Waals surface area (Å²) >= 11 is 0. The highest BCUT2D eigenvalue weighted by atomic mass is 15.1. The average molecular weight is 233 g/mol. The summed E-state index contributed by atoms with van der Waals surface area (Å²) in [6, 6.07) is 0. The number of rotatable bonds is 2. The summed E-state index contributed by atoms with van der Waals surface area (Å²) < 4.78 is 2.39. The van der Waals surface area contributed by atoms with Crippen molar-refractivity contribution in [2.24, 2.45) is 11.8 Å². The molecule has 3 heteroatoms. The van der Waals surface area contributed by atoms with Gasteiger partial charge in [-0.05, 0) is 50.6 Å². The fraction of sp³-hybridized carbons (Fsp3) is 0.786. The minimum Gasteiger partial charge on any atom is -0.334 e. The monoisotopic (exact) mass is 233 g/mol. The van der Waals surface area contributed by atoms with Crippen LogP contribution in [0.2, 0.25) is 0 Å². The van der Waals surface area contributed by atoms with Gasteiger partial charge in [0.2, 0.25) is 0 Å². The molecule has 1 saturated heterocycles. The first-order valence-electron chi connectivity index (χ1n) is 7.07. The van der Waals surface area contributed by atoms with Crippen LogP contribution in [0.5, 0.6) is 0 Å². The lowest BCUT2D eigenvalue weighted by molar-refractivity contribution is 0.370. The molecule has 0 aromatic carbocycles. The van der Waals surface area contributed by atoms with E-state index in [1.165, 1.54) is 63.3 Å². The predicted octanol–water partition coefficient (Wildman–Crippen LogP) is 2.01. The van der Waals surface area contributed by atoms with Crippen molar-refractivity contribution in [3.63, 3.8) is 0 Å². The Labute approximate surface area is 104 Å². The Morgan fingerprint density at radius 2 is 2.18 bits per heavy atom. The van der Waals surface area contributed by atoms with Gasteiger partial charge in [-0.1, -0.05) is 6.92 Å². The third-order valence-corrected chi connectivity index (χ3v) is 4.23. The Hall–Kier alpha value is -0.830. The van der Waals surface area contributed by atoms with Crippen molar-refractivity contribution < 1.29 is 0 Å². The van der Waals surface area contributed by atoms with Gasteiger partial charge in [0.15, 0.2) is 0 Å². The molecule has 1 fully saturated rings. The summed E-state index contributed by atoms with van der Waals surface area (Å²) in [6.45, 7) is 5.90. The molecule has 3 nitrogen and oxygen atoms in total. The lowest BCUT2D eigenvalue weighted by Crippen LogP contribution is -2.28. The molecule has 1 aromatic heterocycles.